The molecule has 0 atom stereocenters. The topological polar surface area (TPSA) is 49.8 Å². The molecule has 15 heavy (non-hydrogen) atoms. The van der Waals surface area contributed by atoms with Crippen LogP contribution in [0.4, 0.5) is 11.6 Å². The maximum atomic E-state index is 4.23. The van der Waals surface area contributed by atoms with Gasteiger partial charge in [0.25, 0.3) is 0 Å². The fourth-order valence-electron chi connectivity index (χ4n) is 1.84. The van der Waals surface area contributed by atoms with Crippen LogP contribution >= 0.6 is 0 Å². The minimum absolute atomic E-state index is 0.248. The van der Waals surface area contributed by atoms with E-state index in [-0.39, 0.29) is 5.54 Å². The minimum atomic E-state index is 0.248. The SMILES string of the molecule is CCNc1cc(NC2(C)CCC2)ncn1. The van der Waals surface area contributed by atoms with Gasteiger partial charge in [-0.05, 0) is 33.1 Å². The molecule has 4 nitrogen and oxygen atoms in total. The van der Waals surface area contributed by atoms with E-state index in [1.165, 1.54) is 19.3 Å². The molecule has 0 aromatic carbocycles. The molecule has 4 heteroatoms. The number of nitrogens with zero attached hydrogens (tertiary/aromatic N) is 2. The van der Waals surface area contributed by atoms with Crippen LogP contribution in [-0.4, -0.2) is 22.1 Å². The second-order valence-electron chi connectivity index (χ2n) is 4.36. The standard InChI is InChI=1S/C11H18N4/c1-3-12-9-7-10(14-8-13-9)15-11(2)5-4-6-11/h7-8H,3-6H2,1-2H3,(H2,12,13,14,15). The predicted octanol–water partition coefficient (Wildman–Crippen LogP) is 2.26. The highest BCUT2D eigenvalue weighted by Crippen LogP contribution is 2.34. The zero-order valence-electron chi connectivity index (χ0n) is 9.38. The van der Waals surface area contributed by atoms with Crippen molar-refractivity contribution < 1.29 is 0 Å². The molecular formula is C11H18N4. The van der Waals surface area contributed by atoms with Gasteiger partial charge in [0, 0.05) is 18.2 Å². The lowest BCUT2D eigenvalue weighted by Gasteiger charge is -2.39. The smallest absolute Gasteiger partial charge is 0.131 e. The molecule has 82 valence electrons. The fourth-order valence-corrected chi connectivity index (χ4v) is 1.84. The summed E-state index contributed by atoms with van der Waals surface area (Å²) >= 11 is 0. The Bertz CT molecular complexity index is 333. The largest absolute Gasteiger partial charge is 0.370 e. The third kappa shape index (κ3) is 2.37. The first-order chi connectivity index (χ1) is 7.22. The van der Waals surface area contributed by atoms with Gasteiger partial charge in [0.05, 0.1) is 0 Å². The third-order valence-corrected chi connectivity index (χ3v) is 2.91. The first-order valence-electron chi connectivity index (χ1n) is 5.56. The van der Waals surface area contributed by atoms with E-state index < -0.39 is 0 Å². The van der Waals surface area contributed by atoms with Gasteiger partial charge in [-0.2, -0.15) is 0 Å². The van der Waals surface area contributed by atoms with Gasteiger partial charge in [-0.25, -0.2) is 9.97 Å². The zero-order valence-corrected chi connectivity index (χ0v) is 9.38. The van der Waals surface area contributed by atoms with Crippen LogP contribution < -0.4 is 10.6 Å². The summed E-state index contributed by atoms with van der Waals surface area (Å²) in [5.74, 6) is 1.81. The Kier molecular flexibility index (Phi) is 2.75. The third-order valence-electron chi connectivity index (χ3n) is 2.91. The maximum Gasteiger partial charge on any atom is 0.131 e. The van der Waals surface area contributed by atoms with E-state index in [1.807, 2.05) is 6.07 Å². The average molecular weight is 206 g/mol. The Hall–Kier alpha value is -1.32. The van der Waals surface area contributed by atoms with Crippen molar-refractivity contribution in [2.45, 2.75) is 38.6 Å². The van der Waals surface area contributed by atoms with Gasteiger partial charge in [-0.1, -0.05) is 0 Å². The summed E-state index contributed by atoms with van der Waals surface area (Å²) < 4.78 is 0. The first kappa shape index (κ1) is 10.2. The molecule has 0 saturated heterocycles. The number of anilines is 2. The lowest BCUT2D eigenvalue weighted by molar-refractivity contribution is 0.306. The van der Waals surface area contributed by atoms with Gasteiger partial charge in [-0.3, -0.25) is 0 Å². The van der Waals surface area contributed by atoms with Crippen LogP contribution in [0.15, 0.2) is 12.4 Å². The van der Waals surface area contributed by atoms with E-state index in [4.69, 9.17) is 0 Å². The van der Waals surface area contributed by atoms with E-state index in [0.717, 1.165) is 18.2 Å². The van der Waals surface area contributed by atoms with E-state index >= 15 is 0 Å². The molecule has 1 aliphatic carbocycles. The molecule has 0 amide bonds. The van der Waals surface area contributed by atoms with Crippen LogP contribution in [-0.2, 0) is 0 Å². The monoisotopic (exact) mass is 206 g/mol. The molecule has 1 aromatic rings. The molecule has 0 aliphatic heterocycles. The highest BCUT2D eigenvalue weighted by atomic mass is 15.1. The number of hydrogen-bond acceptors (Lipinski definition) is 4. The molecule has 0 spiro atoms. The van der Waals surface area contributed by atoms with Crippen molar-refractivity contribution in [3.8, 4) is 0 Å². The summed E-state index contributed by atoms with van der Waals surface area (Å²) in [7, 11) is 0. The van der Waals surface area contributed by atoms with Gasteiger partial charge in [0.2, 0.25) is 0 Å². The highest BCUT2D eigenvalue weighted by Gasteiger charge is 2.31. The number of hydrogen-bond donors (Lipinski definition) is 2. The van der Waals surface area contributed by atoms with Crippen molar-refractivity contribution in [3.05, 3.63) is 12.4 Å². The second kappa shape index (κ2) is 4.04. The van der Waals surface area contributed by atoms with E-state index in [0.29, 0.717) is 0 Å². The molecular weight excluding hydrogens is 188 g/mol. The highest BCUT2D eigenvalue weighted by molar-refractivity contribution is 5.48. The Morgan fingerprint density at radius 3 is 2.67 bits per heavy atom. The minimum Gasteiger partial charge on any atom is -0.370 e. The van der Waals surface area contributed by atoms with Crippen LogP contribution in [0, 0.1) is 0 Å². The Balaban J connectivity index is 2.04. The van der Waals surface area contributed by atoms with Gasteiger partial charge in [0.1, 0.15) is 18.0 Å². The summed E-state index contributed by atoms with van der Waals surface area (Å²) in [6.07, 6.45) is 5.37. The summed E-state index contributed by atoms with van der Waals surface area (Å²) in [6, 6.07) is 1.97. The Morgan fingerprint density at radius 2 is 2.07 bits per heavy atom. The molecule has 0 radical (unpaired) electrons. The number of rotatable bonds is 4. The van der Waals surface area contributed by atoms with E-state index in [1.54, 1.807) is 6.33 Å². The molecule has 1 aromatic heterocycles. The van der Waals surface area contributed by atoms with Crippen molar-refractivity contribution in [3.63, 3.8) is 0 Å². The van der Waals surface area contributed by atoms with Crippen molar-refractivity contribution >= 4 is 11.6 Å². The second-order valence-corrected chi connectivity index (χ2v) is 4.36. The summed E-state index contributed by atoms with van der Waals surface area (Å²) in [6.45, 7) is 5.18. The van der Waals surface area contributed by atoms with Crippen molar-refractivity contribution in [1.29, 1.82) is 0 Å². The molecule has 0 unspecified atom stereocenters. The van der Waals surface area contributed by atoms with Crippen LogP contribution in [0.3, 0.4) is 0 Å². The predicted molar refractivity (Wildman–Crippen MR) is 62.1 cm³/mol. The van der Waals surface area contributed by atoms with E-state index in [9.17, 15) is 0 Å². The molecule has 1 heterocycles. The number of aromatic nitrogens is 2. The molecule has 1 aliphatic rings. The lowest BCUT2D eigenvalue weighted by Crippen LogP contribution is -2.41. The summed E-state index contributed by atoms with van der Waals surface area (Å²) in [4.78, 5) is 8.37. The molecule has 2 N–H and O–H groups in total. The van der Waals surface area contributed by atoms with Gasteiger partial charge in [0.15, 0.2) is 0 Å². The molecule has 2 rings (SSSR count). The van der Waals surface area contributed by atoms with Gasteiger partial charge < -0.3 is 10.6 Å². The van der Waals surface area contributed by atoms with Gasteiger partial charge >= 0.3 is 0 Å². The Morgan fingerprint density at radius 1 is 1.33 bits per heavy atom. The maximum absolute atomic E-state index is 4.23. The van der Waals surface area contributed by atoms with Crippen LogP contribution in [0.25, 0.3) is 0 Å². The van der Waals surface area contributed by atoms with Crippen LogP contribution in [0.1, 0.15) is 33.1 Å². The first-order valence-corrected chi connectivity index (χ1v) is 5.56. The molecule has 1 saturated carbocycles. The van der Waals surface area contributed by atoms with Crippen molar-refractivity contribution in [2.75, 3.05) is 17.2 Å². The average Bonchev–Trinajstić information content (AvgIpc) is 2.16. The molecule has 0 bridgehead atoms. The Labute approximate surface area is 90.5 Å². The van der Waals surface area contributed by atoms with Crippen LogP contribution in [0.2, 0.25) is 0 Å². The quantitative estimate of drug-likeness (QED) is 0.793. The van der Waals surface area contributed by atoms with E-state index in [2.05, 4.69) is 34.4 Å². The summed E-state index contributed by atoms with van der Waals surface area (Å²) in [5.41, 5.74) is 0.248. The summed E-state index contributed by atoms with van der Waals surface area (Å²) in [5, 5.41) is 6.64. The number of nitrogens with one attached hydrogen (secondary N) is 2. The zero-order chi connectivity index (χ0) is 10.7. The van der Waals surface area contributed by atoms with Crippen molar-refractivity contribution in [2.24, 2.45) is 0 Å². The van der Waals surface area contributed by atoms with Gasteiger partial charge in [-0.15, -0.1) is 0 Å². The lowest BCUT2D eigenvalue weighted by atomic mass is 9.78. The fraction of sp³-hybridized carbons (Fsp3) is 0.636. The normalized spacial score (nSPS) is 18.0. The molecule has 1 fully saturated rings. The van der Waals surface area contributed by atoms with Crippen LogP contribution in [0.5, 0.6) is 0 Å². The van der Waals surface area contributed by atoms with Crippen molar-refractivity contribution in [1.82, 2.24) is 9.97 Å².